The SMILES string of the molecule is CCC/C(=C\c1cc(Br)ccc1O)CC[C@H]1OC[C@H]2C1=C(COc1ccccc1)C[C@H]1C(=O)N(CCCCCC(=O)O)C(=O)[C@H]12. The Bertz CT molecular complexity index is 1450. The summed E-state index contributed by atoms with van der Waals surface area (Å²) in [6.07, 6.45) is 7.58. The van der Waals surface area contributed by atoms with Gasteiger partial charge in [-0.15, -0.1) is 0 Å². The van der Waals surface area contributed by atoms with Crippen LogP contribution in [0.15, 0.2) is 69.7 Å². The lowest BCUT2D eigenvalue weighted by Gasteiger charge is -2.32. The number of benzene rings is 2. The standard InChI is InChI=1S/C36H42BrNO7/c1-2-9-23(18-24-19-26(37)14-15-30(24)39)13-16-31-33-25(21-44-27-10-5-3-6-11-27)20-28-34(29(33)22-45-31)36(43)38(35(28)42)17-8-4-7-12-32(40)41/h3,5-6,10-11,14-15,18-19,28-29,31,34,39H,2,4,7-9,12-13,16-17,20-22H2,1H3,(H,40,41)/b23-18+/t28-,29+,31-,34-/m1/s1. The average Bonchev–Trinajstić information content (AvgIpc) is 3.55. The zero-order valence-corrected chi connectivity index (χ0v) is 27.3. The van der Waals surface area contributed by atoms with Crippen LogP contribution in [0.25, 0.3) is 6.08 Å². The van der Waals surface area contributed by atoms with Crippen molar-refractivity contribution in [2.24, 2.45) is 17.8 Å². The summed E-state index contributed by atoms with van der Waals surface area (Å²) in [5.41, 5.74) is 4.14. The lowest BCUT2D eigenvalue weighted by atomic mass is 9.69. The molecule has 0 aromatic heterocycles. The highest BCUT2D eigenvalue weighted by Gasteiger charge is 2.56. The van der Waals surface area contributed by atoms with E-state index in [-0.39, 0.29) is 36.0 Å². The summed E-state index contributed by atoms with van der Waals surface area (Å²) in [6.45, 7) is 3.18. The molecular formula is C36H42BrNO7. The van der Waals surface area contributed by atoms with E-state index in [2.05, 4.69) is 28.9 Å². The highest BCUT2D eigenvalue weighted by atomic mass is 79.9. The Morgan fingerprint density at radius 3 is 2.60 bits per heavy atom. The van der Waals surface area contributed by atoms with Gasteiger partial charge in [-0.3, -0.25) is 19.3 Å². The first-order valence-electron chi connectivity index (χ1n) is 16.0. The number of aromatic hydroxyl groups is 1. The molecule has 2 N–H and O–H groups in total. The van der Waals surface area contributed by atoms with Crippen LogP contribution in [0.2, 0.25) is 0 Å². The van der Waals surface area contributed by atoms with Gasteiger partial charge in [-0.2, -0.15) is 0 Å². The Balaban J connectivity index is 1.35. The van der Waals surface area contributed by atoms with Crippen LogP contribution in [0.5, 0.6) is 11.5 Å². The van der Waals surface area contributed by atoms with Crippen molar-refractivity contribution in [3.63, 3.8) is 0 Å². The van der Waals surface area contributed by atoms with Crippen LogP contribution in [0.3, 0.4) is 0 Å². The number of halogens is 1. The Kier molecular flexibility index (Phi) is 11.2. The number of amides is 2. The monoisotopic (exact) mass is 679 g/mol. The number of imide groups is 1. The van der Waals surface area contributed by atoms with Crippen molar-refractivity contribution >= 4 is 39.8 Å². The van der Waals surface area contributed by atoms with Gasteiger partial charge in [0, 0.05) is 28.9 Å². The molecule has 3 aliphatic rings. The van der Waals surface area contributed by atoms with Gasteiger partial charge in [0.25, 0.3) is 0 Å². The van der Waals surface area contributed by atoms with Crippen molar-refractivity contribution in [1.82, 2.24) is 4.90 Å². The number of nitrogens with zero attached hydrogens (tertiary/aromatic N) is 1. The average molecular weight is 681 g/mol. The number of rotatable bonds is 15. The fourth-order valence-corrected chi connectivity index (χ4v) is 7.45. The molecular weight excluding hydrogens is 638 g/mol. The number of aliphatic carboxylic acids is 1. The quantitative estimate of drug-likeness (QED) is 0.117. The summed E-state index contributed by atoms with van der Waals surface area (Å²) in [6, 6.07) is 15.0. The van der Waals surface area contributed by atoms with E-state index in [1.165, 1.54) is 10.5 Å². The molecule has 5 rings (SSSR count). The summed E-state index contributed by atoms with van der Waals surface area (Å²) in [5.74, 6) is -1.17. The number of hydrogen-bond acceptors (Lipinski definition) is 6. The number of carboxylic acids is 1. The minimum Gasteiger partial charge on any atom is -0.507 e. The molecule has 45 heavy (non-hydrogen) atoms. The molecule has 0 unspecified atom stereocenters. The maximum atomic E-state index is 13.7. The van der Waals surface area contributed by atoms with E-state index in [1.807, 2.05) is 42.5 Å². The molecule has 2 aromatic carbocycles. The number of carboxylic acid groups (broad SMARTS) is 1. The van der Waals surface area contributed by atoms with Crippen molar-refractivity contribution < 1.29 is 34.1 Å². The summed E-state index contributed by atoms with van der Waals surface area (Å²) in [7, 11) is 0. The molecule has 8 nitrogen and oxygen atoms in total. The number of phenols is 1. The van der Waals surface area contributed by atoms with Crippen LogP contribution >= 0.6 is 15.9 Å². The Labute approximate surface area is 273 Å². The van der Waals surface area contributed by atoms with Crippen molar-refractivity contribution in [3.05, 3.63) is 75.3 Å². The van der Waals surface area contributed by atoms with Crippen LogP contribution in [0, 0.1) is 17.8 Å². The number of para-hydroxylation sites is 1. The van der Waals surface area contributed by atoms with E-state index in [9.17, 15) is 19.5 Å². The second-order valence-corrected chi connectivity index (χ2v) is 13.2. The number of allylic oxidation sites excluding steroid dienone is 1. The Morgan fingerprint density at radius 1 is 1.04 bits per heavy atom. The van der Waals surface area contributed by atoms with E-state index in [0.717, 1.165) is 52.6 Å². The zero-order valence-electron chi connectivity index (χ0n) is 25.8. The third kappa shape index (κ3) is 7.87. The fraction of sp³-hybridized carbons (Fsp3) is 0.472. The van der Waals surface area contributed by atoms with Gasteiger partial charge >= 0.3 is 5.97 Å². The van der Waals surface area contributed by atoms with Crippen LogP contribution in [-0.2, 0) is 19.1 Å². The van der Waals surface area contributed by atoms with E-state index in [0.29, 0.717) is 45.4 Å². The van der Waals surface area contributed by atoms with E-state index in [4.69, 9.17) is 14.6 Å². The van der Waals surface area contributed by atoms with Gasteiger partial charge < -0.3 is 19.7 Å². The Hall–Kier alpha value is -3.43. The summed E-state index contributed by atoms with van der Waals surface area (Å²) in [4.78, 5) is 39.6. The predicted octanol–water partition coefficient (Wildman–Crippen LogP) is 7.16. The van der Waals surface area contributed by atoms with Gasteiger partial charge in [0.1, 0.15) is 18.1 Å². The van der Waals surface area contributed by atoms with Crippen LogP contribution in [-0.4, -0.2) is 58.8 Å². The lowest BCUT2D eigenvalue weighted by Crippen LogP contribution is -2.35. The number of phenolic OH excluding ortho intramolecular Hbond substituents is 1. The molecule has 0 radical (unpaired) electrons. The first kappa shape index (κ1) is 32.9. The zero-order chi connectivity index (χ0) is 31.9. The van der Waals surface area contributed by atoms with Crippen LogP contribution < -0.4 is 4.74 Å². The van der Waals surface area contributed by atoms with Gasteiger partial charge in [0.15, 0.2) is 0 Å². The Morgan fingerprint density at radius 2 is 1.84 bits per heavy atom. The van der Waals surface area contributed by atoms with Crippen molar-refractivity contribution in [2.45, 2.75) is 70.8 Å². The second kappa shape index (κ2) is 15.2. The largest absolute Gasteiger partial charge is 0.507 e. The van der Waals surface area contributed by atoms with Crippen LogP contribution in [0.4, 0.5) is 0 Å². The molecule has 1 aliphatic carbocycles. The fourth-order valence-electron chi connectivity index (χ4n) is 7.07. The number of fused-ring (bicyclic) bond motifs is 3. The van der Waals surface area contributed by atoms with Crippen molar-refractivity contribution in [3.8, 4) is 11.5 Å². The first-order chi connectivity index (χ1) is 21.8. The molecule has 9 heteroatoms. The highest BCUT2D eigenvalue weighted by molar-refractivity contribution is 9.10. The number of carbonyl (C=O) groups is 3. The minimum atomic E-state index is -0.836. The molecule has 0 spiro atoms. The molecule has 2 fully saturated rings. The number of hydrogen-bond donors (Lipinski definition) is 2. The van der Waals surface area contributed by atoms with Gasteiger partial charge in [0.2, 0.25) is 11.8 Å². The molecule has 2 aromatic rings. The number of likely N-dealkylation sites (tertiary alicyclic amines) is 1. The molecule has 0 saturated carbocycles. The molecule has 2 amide bonds. The second-order valence-electron chi connectivity index (χ2n) is 12.3. The highest BCUT2D eigenvalue weighted by Crippen LogP contribution is 2.50. The normalized spacial score (nSPS) is 23.0. The van der Waals surface area contributed by atoms with Gasteiger partial charge in [-0.05, 0) is 80.0 Å². The third-order valence-electron chi connectivity index (χ3n) is 9.18. The van der Waals surface area contributed by atoms with Gasteiger partial charge in [-0.25, -0.2) is 0 Å². The summed E-state index contributed by atoms with van der Waals surface area (Å²) >= 11 is 3.50. The topological polar surface area (TPSA) is 113 Å². The van der Waals surface area contributed by atoms with E-state index < -0.39 is 17.8 Å². The molecule has 4 atom stereocenters. The maximum Gasteiger partial charge on any atom is 0.303 e. The van der Waals surface area contributed by atoms with Gasteiger partial charge in [0.05, 0.1) is 24.5 Å². The first-order valence-corrected chi connectivity index (χ1v) is 16.8. The molecule has 2 saturated heterocycles. The lowest BCUT2D eigenvalue weighted by molar-refractivity contribution is -0.141. The van der Waals surface area contributed by atoms with E-state index in [1.54, 1.807) is 6.07 Å². The number of carbonyl (C=O) groups excluding carboxylic acids is 2. The molecule has 0 bridgehead atoms. The number of ether oxygens (including phenoxy) is 2. The molecule has 240 valence electrons. The van der Waals surface area contributed by atoms with Crippen molar-refractivity contribution in [2.75, 3.05) is 19.8 Å². The smallest absolute Gasteiger partial charge is 0.303 e. The predicted molar refractivity (Wildman–Crippen MR) is 175 cm³/mol. The summed E-state index contributed by atoms with van der Waals surface area (Å²) < 4.78 is 13.5. The minimum absolute atomic E-state index is 0.0885. The third-order valence-corrected chi connectivity index (χ3v) is 9.67. The van der Waals surface area contributed by atoms with E-state index >= 15 is 0 Å². The van der Waals surface area contributed by atoms with Gasteiger partial charge in [-0.1, -0.05) is 65.5 Å². The summed E-state index contributed by atoms with van der Waals surface area (Å²) in [5, 5.41) is 19.4. The molecule has 2 heterocycles. The molecule has 2 aliphatic heterocycles. The maximum absolute atomic E-state index is 13.7. The van der Waals surface area contributed by atoms with Crippen molar-refractivity contribution in [1.29, 1.82) is 0 Å². The van der Waals surface area contributed by atoms with Crippen LogP contribution in [0.1, 0.15) is 70.3 Å². The number of unbranched alkanes of at least 4 members (excludes halogenated alkanes) is 2.